The van der Waals surface area contributed by atoms with Gasteiger partial charge in [-0.1, -0.05) is 29.3 Å². The van der Waals surface area contributed by atoms with E-state index in [1.165, 1.54) is 0 Å². The highest BCUT2D eigenvalue weighted by atomic mass is 35.5. The zero-order chi connectivity index (χ0) is 16.5. The van der Waals surface area contributed by atoms with E-state index in [1.807, 2.05) is 13.8 Å². The quantitative estimate of drug-likeness (QED) is 0.692. The van der Waals surface area contributed by atoms with Crippen LogP contribution in [0, 0.1) is 0 Å². The lowest BCUT2D eigenvalue weighted by Gasteiger charge is -2.13. The van der Waals surface area contributed by atoms with E-state index < -0.39 is 11.7 Å². The Balaban J connectivity index is 2.44. The van der Waals surface area contributed by atoms with E-state index in [1.54, 1.807) is 18.2 Å². The van der Waals surface area contributed by atoms with Crippen LogP contribution in [0.2, 0.25) is 10.0 Å². The van der Waals surface area contributed by atoms with E-state index in [4.69, 9.17) is 27.9 Å². The number of pyridine rings is 1. The van der Waals surface area contributed by atoms with Crippen molar-refractivity contribution in [1.29, 1.82) is 0 Å². The van der Waals surface area contributed by atoms with Crippen molar-refractivity contribution in [3.8, 4) is 17.0 Å². The number of hydrogen-bond acceptors (Lipinski definition) is 2. The highest BCUT2D eigenvalue weighted by Crippen LogP contribution is 2.36. The van der Waals surface area contributed by atoms with Crippen LogP contribution in [0.4, 0.5) is 13.2 Å². The van der Waals surface area contributed by atoms with E-state index >= 15 is 0 Å². The molecular formula is C15H12Cl2F3NO. The van der Waals surface area contributed by atoms with Gasteiger partial charge < -0.3 is 4.74 Å². The average molecular weight is 350 g/mol. The molecule has 0 radical (unpaired) electrons. The Morgan fingerprint density at radius 1 is 1.09 bits per heavy atom. The van der Waals surface area contributed by atoms with Crippen LogP contribution in [0.15, 0.2) is 30.5 Å². The van der Waals surface area contributed by atoms with Crippen molar-refractivity contribution in [1.82, 2.24) is 4.98 Å². The van der Waals surface area contributed by atoms with Gasteiger partial charge in [0.25, 0.3) is 0 Å². The molecule has 0 unspecified atom stereocenters. The SMILES string of the molecule is CC(C)Oc1cc(-c2ncc(C(F)(F)F)cc2Cl)ccc1Cl. The van der Waals surface area contributed by atoms with Gasteiger partial charge in [0.1, 0.15) is 5.75 Å². The minimum Gasteiger partial charge on any atom is -0.489 e. The standard InChI is InChI=1S/C15H12Cl2F3NO/c1-8(2)22-13-5-9(3-4-11(13)16)14-12(17)6-10(7-21-14)15(18,19)20/h3-8H,1-2H3. The number of hydrogen-bond donors (Lipinski definition) is 0. The van der Waals surface area contributed by atoms with Crippen LogP contribution in [0.1, 0.15) is 19.4 Å². The number of rotatable bonds is 3. The first kappa shape index (κ1) is 16.9. The molecule has 1 aromatic carbocycles. The van der Waals surface area contributed by atoms with E-state index in [0.717, 1.165) is 12.3 Å². The summed E-state index contributed by atoms with van der Waals surface area (Å²) in [6.45, 7) is 3.68. The van der Waals surface area contributed by atoms with Gasteiger partial charge in [-0.3, -0.25) is 4.98 Å². The zero-order valence-electron chi connectivity index (χ0n) is 11.7. The summed E-state index contributed by atoms with van der Waals surface area (Å²) in [7, 11) is 0. The van der Waals surface area contributed by atoms with Crippen LogP contribution in [-0.2, 0) is 6.18 Å². The monoisotopic (exact) mass is 349 g/mol. The maximum Gasteiger partial charge on any atom is 0.417 e. The summed E-state index contributed by atoms with van der Waals surface area (Å²) >= 11 is 12.0. The lowest BCUT2D eigenvalue weighted by atomic mass is 10.1. The van der Waals surface area contributed by atoms with Crippen molar-refractivity contribution in [2.45, 2.75) is 26.1 Å². The van der Waals surface area contributed by atoms with Crippen LogP contribution >= 0.6 is 23.2 Å². The minimum absolute atomic E-state index is 0.0901. The van der Waals surface area contributed by atoms with Crippen LogP contribution < -0.4 is 4.74 Å². The van der Waals surface area contributed by atoms with Gasteiger partial charge in [0.05, 0.1) is 27.4 Å². The minimum atomic E-state index is -4.49. The van der Waals surface area contributed by atoms with Crippen molar-refractivity contribution in [3.63, 3.8) is 0 Å². The summed E-state index contributed by atoms with van der Waals surface area (Å²) in [5, 5.41) is 0.313. The first-order valence-corrected chi connectivity index (χ1v) is 7.13. The van der Waals surface area contributed by atoms with E-state index in [9.17, 15) is 13.2 Å². The molecule has 7 heteroatoms. The molecule has 2 aromatic rings. The molecule has 0 amide bonds. The molecule has 22 heavy (non-hydrogen) atoms. The maximum absolute atomic E-state index is 12.6. The van der Waals surface area contributed by atoms with Crippen molar-refractivity contribution < 1.29 is 17.9 Å². The number of benzene rings is 1. The van der Waals surface area contributed by atoms with Crippen molar-refractivity contribution in [2.24, 2.45) is 0 Å². The molecule has 0 bridgehead atoms. The largest absolute Gasteiger partial charge is 0.489 e. The molecule has 0 fully saturated rings. The number of alkyl halides is 3. The third-order valence-electron chi connectivity index (χ3n) is 2.74. The Hall–Kier alpha value is -1.46. The third-order valence-corrected chi connectivity index (χ3v) is 3.34. The van der Waals surface area contributed by atoms with Crippen LogP contribution in [0.5, 0.6) is 5.75 Å². The van der Waals surface area contributed by atoms with E-state index in [0.29, 0.717) is 16.3 Å². The van der Waals surface area contributed by atoms with E-state index in [2.05, 4.69) is 4.98 Å². The zero-order valence-corrected chi connectivity index (χ0v) is 13.2. The van der Waals surface area contributed by atoms with Gasteiger partial charge in [-0.2, -0.15) is 13.2 Å². The summed E-state index contributed by atoms with van der Waals surface area (Å²) < 4.78 is 43.4. The summed E-state index contributed by atoms with van der Waals surface area (Å²) in [5.41, 5.74) is -0.132. The van der Waals surface area contributed by atoms with Crippen molar-refractivity contribution in [3.05, 3.63) is 46.1 Å². The molecule has 0 aliphatic rings. The fourth-order valence-electron chi connectivity index (χ4n) is 1.80. The second-order valence-corrected chi connectivity index (χ2v) is 5.68. The summed E-state index contributed by atoms with van der Waals surface area (Å²) in [6.07, 6.45) is -3.83. The van der Waals surface area contributed by atoms with Gasteiger partial charge >= 0.3 is 6.18 Å². The molecule has 1 aromatic heterocycles. The second-order valence-electron chi connectivity index (χ2n) is 4.86. The smallest absolute Gasteiger partial charge is 0.417 e. The molecule has 2 nitrogen and oxygen atoms in total. The molecule has 1 heterocycles. The Kier molecular flexibility index (Phi) is 4.87. The van der Waals surface area contributed by atoms with Gasteiger partial charge in [-0.15, -0.1) is 0 Å². The molecule has 0 saturated carbocycles. The predicted octanol–water partition coefficient (Wildman–Crippen LogP) is 5.86. The third kappa shape index (κ3) is 3.84. The molecule has 0 N–H and O–H groups in total. The molecule has 118 valence electrons. The van der Waals surface area contributed by atoms with Crippen LogP contribution in [0.25, 0.3) is 11.3 Å². The van der Waals surface area contributed by atoms with Crippen molar-refractivity contribution >= 4 is 23.2 Å². The van der Waals surface area contributed by atoms with Gasteiger partial charge in [0.15, 0.2) is 0 Å². The molecular weight excluding hydrogens is 338 g/mol. The highest BCUT2D eigenvalue weighted by molar-refractivity contribution is 6.33. The van der Waals surface area contributed by atoms with Crippen LogP contribution in [0.3, 0.4) is 0 Å². The Morgan fingerprint density at radius 3 is 2.32 bits per heavy atom. The molecule has 0 saturated heterocycles. The fraction of sp³-hybridized carbons (Fsp3) is 0.267. The molecule has 0 spiro atoms. The lowest BCUT2D eigenvalue weighted by Crippen LogP contribution is -2.07. The Bertz CT molecular complexity index is 687. The van der Waals surface area contributed by atoms with Gasteiger partial charge in [-0.05, 0) is 32.0 Å². The molecule has 2 rings (SSSR count). The number of ether oxygens (including phenoxy) is 1. The number of aromatic nitrogens is 1. The second kappa shape index (κ2) is 6.34. The van der Waals surface area contributed by atoms with Gasteiger partial charge in [-0.25, -0.2) is 0 Å². The van der Waals surface area contributed by atoms with Gasteiger partial charge in [0, 0.05) is 11.8 Å². The van der Waals surface area contributed by atoms with E-state index in [-0.39, 0.29) is 16.8 Å². The normalized spacial score (nSPS) is 11.8. The summed E-state index contributed by atoms with van der Waals surface area (Å²) in [6, 6.07) is 5.66. The lowest BCUT2D eigenvalue weighted by molar-refractivity contribution is -0.137. The Labute approximate surface area is 135 Å². The molecule has 0 aliphatic carbocycles. The summed E-state index contributed by atoms with van der Waals surface area (Å²) in [4.78, 5) is 3.81. The highest BCUT2D eigenvalue weighted by Gasteiger charge is 2.31. The van der Waals surface area contributed by atoms with Crippen LogP contribution in [-0.4, -0.2) is 11.1 Å². The fourth-order valence-corrected chi connectivity index (χ4v) is 2.24. The summed E-state index contributed by atoms with van der Waals surface area (Å²) in [5.74, 6) is 0.423. The first-order chi connectivity index (χ1) is 10.2. The maximum atomic E-state index is 12.6. The topological polar surface area (TPSA) is 22.1 Å². The molecule has 0 atom stereocenters. The van der Waals surface area contributed by atoms with Gasteiger partial charge in [0.2, 0.25) is 0 Å². The molecule has 0 aliphatic heterocycles. The average Bonchev–Trinajstić information content (AvgIpc) is 2.40. The predicted molar refractivity (Wildman–Crippen MR) is 80.5 cm³/mol. The van der Waals surface area contributed by atoms with Crippen molar-refractivity contribution in [2.75, 3.05) is 0 Å². The number of nitrogens with zero attached hydrogens (tertiary/aromatic N) is 1. The Morgan fingerprint density at radius 2 is 1.77 bits per heavy atom. The first-order valence-electron chi connectivity index (χ1n) is 6.38. The number of halogens is 5.